The second-order valence-electron chi connectivity index (χ2n) is 4.40. The van der Waals surface area contributed by atoms with Gasteiger partial charge in [0.15, 0.2) is 0 Å². The van der Waals surface area contributed by atoms with Crippen molar-refractivity contribution >= 4 is 11.9 Å². The number of amides is 1. The first-order chi connectivity index (χ1) is 8.72. The predicted octanol–water partition coefficient (Wildman–Crippen LogP) is 1.15. The highest BCUT2D eigenvalue weighted by Crippen LogP contribution is 2.23. The zero-order valence-electron chi connectivity index (χ0n) is 10.4. The Bertz CT molecular complexity index is 430. The lowest BCUT2D eigenvalue weighted by atomic mass is 9.89. The molecule has 0 aromatic heterocycles. The summed E-state index contributed by atoms with van der Waals surface area (Å²) in [5.74, 6) is -1.02. The zero-order chi connectivity index (χ0) is 13.0. The lowest BCUT2D eigenvalue weighted by molar-refractivity contribution is -0.149. The van der Waals surface area contributed by atoms with Gasteiger partial charge in [-0.15, -0.1) is 0 Å². The van der Waals surface area contributed by atoms with Crippen molar-refractivity contribution in [1.82, 2.24) is 5.32 Å². The molecule has 1 aliphatic rings. The molecule has 96 valence electrons. The van der Waals surface area contributed by atoms with Gasteiger partial charge in [0, 0.05) is 6.54 Å². The van der Waals surface area contributed by atoms with Crippen LogP contribution in [0.1, 0.15) is 12.5 Å². The van der Waals surface area contributed by atoms with Crippen molar-refractivity contribution in [3.8, 4) is 0 Å². The third-order valence-electron chi connectivity index (χ3n) is 3.21. The van der Waals surface area contributed by atoms with Gasteiger partial charge in [-0.2, -0.15) is 0 Å². The van der Waals surface area contributed by atoms with Gasteiger partial charge in [-0.05, 0) is 18.9 Å². The maximum Gasteiger partial charge on any atom is 0.311 e. The lowest BCUT2D eigenvalue weighted by Crippen LogP contribution is -2.27. The summed E-state index contributed by atoms with van der Waals surface area (Å²) in [6.07, 6.45) is 0.580. The van der Waals surface area contributed by atoms with Crippen molar-refractivity contribution in [1.29, 1.82) is 0 Å². The molecule has 0 unspecified atom stereocenters. The van der Waals surface area contributed by atoms with Gasteiger partial charge in [0.1, 0.15) is 0 Å². The maximum atomic E-state index is 11.8. The van der Waals surface area contributed by atoms with Crippen molar-refractivity contribution in [3.05, 3.63) is 35.9 Å². The molecule has 0 aliphatic carbocycles. The summed E-state index contributed by atoms with van der Waals surface area (Å²) in [6.45, 7) is 2.51. The van der Waals surface area contributed by atoms with Crippen LogP contribution in [0.2, 0.25) is 0 Å². The molecule has 4 heteroatoms. The van der Waals surface area contributed by atoms with Gasteiger partial charge in [-0.3, -0.25) is 9.59 Å². The van der Waals surface area contributed by atoms with E-state index in [4.69, 9.17) is 4.74 Å². The van der Waals surface area contributed by atoms with Crippen molar-refractivity contribution in [2.45, 2.75) is 13.3 Å². The highest BCUT2D eigenvalue weighted by Gasteiger charge is 2.40. The van der Waals surface area contributed by atoms with E-state index in [0.29, 0.717) is 19.6 Å². The molecule has 1 aliphatic heterocycles. The molecule has 2 rings (SSSR count). The quantitative estimate of drug-likeness (QED) is 0.812. The first kappa shape index (κ1) is 12.6. The smallest absolute Gasteiger partial charge is 0.311 e. The Labute approximate surface area is 106 Å². The molecule has 0 bridgehead atoms. The molecule has 0 saturated carbocycles. The van der Waals surface area contributed by atoms with Crippen LogP contribution in [0.5, 0.6) is 0 Å². The fourth-order valence-electron chi connectivity index (χ4n) is 2.27. The van der Waals surface area contributed by atoms with E-state index in [1.807, 2.05) is 30.3 Å². The minimum absolute atomic E-state index is 0.0584. The average Bonchev–Trinajstić information content (AvgIpc) is 2.73. The van der Waals surface area contributed by atoms with Gasteiger partial charge in [0.25, 0.3) is 0 Å². The van der Waals surface area contributed by atoms with E-state index in [1.165, 1.54) is 0 Å². The van der Waals surface area contributed by atoms with Crippen LogP contribution in [0.15, 0.2) is 30.3 Å². The minimum Gasteiger partial charge on any atom is -0.466 e. The van der Waals surface area contributed by atoms with Gasteiger partial charge in [0.05, 0.1) is 18.4 Å². The third kappa shape index (κ3) is 2.70. The van der Waals surface area contributed by atoms with E-state index >= 15 is 0 Å². The Morgan fingerprint density at radius 1 is 1.39 bits per heavy atom. The van der Waals surface area contributed by atoms with Crippen LogP contribution in [0.3, 0.4) is 0 Å². The molecule has 0 spiro atoms. The van der Waals surface area contributed by atoms with Crippen LogP contribution in [0, 0.1) is 11.8 Å². The van der Waals surface area contributed by atoms with Gasteiger partial charge in [-0.25, -0.2) is 0 Å². The summed E-state index contributed by atoms with van der Waals surface area (Å²) in [4.78, 5) is 23.6. The molecule has 4 nitrogen and oxygen atoms in total. The number of hydrogen-bond donors (Lipinski definition) is 1. The zero-order valence-corrected chi connectivity index (χ0v) is 10.4. The van der Waals surface area contributed by atoms with E-state index in [0.717, 1.165) is 5.56 Å². The summed E-state index contributed by atoms with van der Waals surface area (Å²) in [6, 6.07) is 9.73. The van der Waals surface area contributed by atoms with Gasteiger partial charge in [-0.1, -0.05) is 30.3 Å². The standard InChI is InChI=1S/C14H17NO3/c1-2-18-14(17)12-9-15-13(16)11(12)8-10-6-4-3-5-7-10/h3-7,11-12H,2,8-9H2,1H3,(H,15,16)/t11-,12-/m0/s1. The summed E-state index contributed by atoms with van der Waals surface area (Å²) >= 11 is 0. The normalized spacial score (nSPS) is 22.6. The summed E-state index contributed by atoms with van der Waals surface area (Å²) in [5, 5.41) is 2.74. The van der Waals surface area contributed by atoms with Crippen LogP contribution in [-0.4, -0.2) is 25.0 Å². The number of carbonyl (C=O) groups is 2. The van der Waals surface area contributed by atoms with E-state index < -0.39 is 0 Å². The number of nitrogens with one attached hydrogen (secondary N) is 1. The Balaban J connectivity index is 2.08. The number of ether oxygens (including phenoxy) is 1. The molecule has 1 aromatic carbocycles. The van der Waals surface area contributed by atoms with Crippen molar-refractivity contribution < 1.29 is 14.3 Å². The Hall–Kier alpha value is -1.84. The van der Waals surface area contributed by atoms with E-state index in [9.17, 15) is 9.59 Å². The lowest BCUT2D eigenvalue weighted by Gasteiger charge is -2.15. The molecule has 1 heterocycles. The molecule has 1 N–H and O–H groups in total. The summed E-state index contributed by atoms with van der Waals surface area (Å²) < 4.78 is 5.01. The van der Waals surface area contributed by atoms with Gasteiger partial charge < -0.3 is 10.1 Å². The number of hydrogen-bond acceptors (Lipinski definition) is 3. The highest BCUT2D eigenvalue weighted by molar-refractivity contribution is 5.89. The second-order valence-corrected chi connectivity index (χ2v) is 4.40. The summed E-state index contributed by atoms with van der Waals surface area (Å²) in [5.41, 5.74) is 1.06. The largest absolute Gasteiger partial charge is 0.466 e. The molecule has 0 radical (unpaired) electrons. The first-order valence-corrected chi connectivity index (χ1v) is 6.20. The first-order valence-electron chi connectivity index (χ1n) is 6.20. The second kappa shape index (κ2) is 5.67. The molecule has 18 heavy (non-hydrogen) atoms. The maximum absolute atomic E-state index is 11.8. The average molecular weight is 247 g/mol. The summed E-state index contributed by atoms with van der Waals surface area (Å²) in [7, 11) is 0. The number of carbonyl (C=O) groups excluding carboxylic acids is 2. The number of rotatable bonds is 4. The molecular weight excluding hydrogens is 230 g/mol. The highest BCUT2D eigenvalue weighted by atomic mass is 16.5. The van der Waals surface area contributed by atoms with Crippen LogP contribution in [0.4, 0.5) is 0 Å². The van der Waals surface area contributed by atoms with Gasteiger partial charge >= 0.3 is 5.97 Å². The van der Waals surface area contributed by atoms with Crippen molar-refractivity contribution in [3.63, 3.8) is 0 Å². The van der Waals surface area contributed by atoms with E-state index in [-0.39, 0.29) is 23.7 Å². The minimum atomic E-state index is -0.363. The predicted molar refractivity (Wildman–Crippen MR) is 66.8 cm³/mol. The number of esters is 1. The molecule has 1 aromatic rings. The molecule has 2 atom stereocenters. The number of benzene rings is 1. The topological polar surface area (TPSA) is 55.4 Å². The monoisotopic (exact) mass is 247 g/mol. The van der Waals surface area contributed by atoms with Crippen molar-refractivity contribution in [2.75, 3.05) is 13.2 Å². The molecule has 1 saturated heterocycles. The molecular formula is C14H17NO3. The van der Waals surface area contributed by atoms with Crippen LogP contribution >= 0.6 is 0 Å². The molecule has 1 amide bonds. The molecule has 1 fully saturated rings. The van der Waals surface area contributed by atoms with Crippen LogP contribution in [-0.2, 0) is 20.7 Å². The Kier molecular flexibility index (Phi) is 3.97. The third-order valence-corrected chi connectivity index (χ3v) is 3.21. The van der Waals surface area contributed by atoms with Crippen molar-refractivity contribution in [2.24, 2.45) is 11.8 Å². The fraction of sp³-hybridized carbons (Fsp3) is 0.429. The SMILES string of the molecule is CCOC(=O)[C@H]1CNC(=O)[C@H]1Cc1ccccc1. The van der Waals surface area contributed by atoms with Gasteiger partial charge in [0.2, 0.25) is 5.91 Å². The Morgan fingerprint density at radius 3 is 2.78 bits per heavy atom. The Morgan fingerprint density at radius 2 is 2.11 bits per heavy atom. The van der Waals surface area contributed by atoms with Crippen LogP contribution < -0.4 is 5.32 Å². The fourth-order valence-corrected chi connectivity index (χ4v) is 2.27. The van der Waals surface area contributed by atoms with E-state index in [1.54, 1.807) is 6.92 Å². The van der Waals surface area contributed by atoms with Crippen LogP contribution in [0.25, 0.3) is 0 Å². The van der Waals surface area contributed by atoms with E-state index in [2.05, 4.69) is 5.32 Å².